The lowest BCUT2D eigenvalue weighted by molar-refractivity contribution is -0.121. The number of benzene rings is 1. The predicted molar refractivity (Wildman–Crippen MR) is 74.6 cm³/mol. The average molecular weight is 258 g/mol. The number of amides is 1. The number of aryl methyl sites for hydroxylation is 1. The first kappa shape index (κ1) is 13.2. The molecule has 1 heterocycles. The fourth-order valence-electron chi connectivity index (χ4n) is 1.81. The van der Waals surface area contributed by atoms with E-state index in [1.165, 1.54) is 5.56 Å². The molecular weight excluding hydrogens is 240 g/mol. The van der Waals surface area contributed by atoms with Crippen molar-refractivity contribution in [2.75, 3.05) is 12.3 Å². The zero-order chi connectivity index (χ0) is 13.5. The largest absolute Gasteiger partial charge is 0.469 e. The monoisotopic (exact) mass is 258 g/mol. The summed E-state index contributed by atoms with van der Waals surface area (Å²) in [5.41, 5.74) is 7.53. The maximum Gasteiger partial charge on any atom is 0.220 e. The van der Waals surface area contributed by atoms with Gasteiger partial charge in [-0.3, -0.25) is 4.79 Å². The van der Waals surface area contributed by atoms with E-state index in [1.807, 2.05) is 36.4 Å². The average Bonchev–Trinajstić information content (AvgIpc) is 2.92. The van der Waals surface area contributed by atoms with Crippen molar-refractivity contribution >= 4 is 11.6 Å². The van der Waals surface area contributed by atoms with Crippen molar-refractivity contribution in [3.05, 3.63) is 54.0 Å². The number of hydrogen-bond donors (Lipinski definition) is 2. The molecule has 0 saturated heterocycles. The Morgan fingerprint density at radius 3 is 2.63 bits per heavy atom. The van der Waals surface area contributed by atoms with Crippen LogP contribution in [0.25, 0.3) is 0 Å². The van der Waals surface area contributed by atoms with E-state index in [0.717, 1.165) is 17.9 Å². The van der Waals surface area contributed by atoms with Gasteiger partial charge in [-0.05, 0) is 36.2 Å². The molecule has 0 bridgehead atoms. The zero-order valence-electron chi connectivity index (χ0n) is 10.8. The van der Waals surface area contributed by atoms with E-state index in [1.54, 1.807) is 6.26 Å². The van der Waals surface area contributed by atoms with Gasteiger partial charge in [0.25, 0.3) is 0 Å². The SMILES string of the molecule is Nc1ccc(CCNC(=O)CCc2ccco2)cc1. The van der Waals surface area contributed by atoms with Gasteiger partial charge in [0.15, 0.2) is 0 Å². The number of nitrogen functional groups attached to an aromatic ring is 1. The van der Waals surface area contributed by atoms with E-state index in [2.05, 4.69) is 5.32 Å². The van der Waals surface area contributed by atoms with Crippen molar-refractivity contribution < 1.29 is 9.21 Å². The summed E-state index contributed by atoms with van der Waals surface area (Å²) in [5.74, 6) is 0.889. The molecule has 0 fully saturated rings. The minimum atomic E-state index is 0.0480. The molecule has 0 radical (unpaired) electrons. The second-order valence-electron chi connectivity index (χ2n) is 4.42. The lowest BCUT2D eigenvalue weighted by atomic mass is 10.1. The molecule has 1 aromatic carbocycles. The fraction of sp³-hybridized carbons (Fsp3) is 0.267. The first-order valence-corrected chi connectivity index (χ1v) is 6.37. The van der Waals surface area contributed by atoms with Gasteiger partial charge < -0.3 is 15.5 Å². The summed E-state index contributed by atoms with van der Waals surface area (Å²) >= 11 is 0. The van der Waals surface area contributed by atoms with Crippen molar-refractivity contribution in [2.45, 2.75) is 19.3 Å². The molecule has 4 nitrogen and oxygen atoms in total. The summed E-state index contributed by atoms with van der Waals surface area (Å²) in [4.78, 5) is 11.6. The summed E-state index contributed by atoms with van der Waals surface area (Å²) in [6.07, 6.45) is 3.52. The summed E-state index contributed by atoms with van der Waals surface area (Å²) in [6.45, 7) is 0.640. The van der Waals surface area contributed by atoms with Crippen LogP contribution in [0, 0.1) is 0 Å². The third-order valence-corrected chi connectivity index (χ3v) is 2.89. The molecule has 1 aromatic heterocycles. The van der Waals surface area contributed by atoms with E-state index in [0.29, 0.717) is 19.4 Å². The molecule has 0 spiro atoms. The number of anilines is 1. The van der Waals surface area contributed by atoms with Crippen LogP contribution in [0.4, 0.5) is 5.69 Å². The highest BCUT2D eigenvalue weighted by molar-refractivity contribution is 5.76. The van der Waals surface area contributed by atoms with Crippen LogP contribution < -0.4 is 11.1 Å². The number of rotatable bonds is 6. The van der Waals surface area contributed by atoms with Gasteiger partial charge in [-0.2, -0.15) is 0 Å². The van der Waals surface area contributed by atoms with Crippen LogP contribution in [0.5, 0.6) is 0 Å². The quantitative estimate of drug-likeness (QED) is 0.780. The zero-order valence-corrected chi connectivity index (χ0v) is 10.8. The van der Waals surface area contributed by atoms with Crippen LogP contribution in [-0.4, -0.2) is 12.5 Å². The molecule has 100 valence electrons. The molecular formula is C15H18N2O2. The van der Waals surface area contributed by atoms with Gasteiger partial charge in [0.05, 0.1) is 6.26 Å². The molecule has 2 rings (SSSR count). The summed E-state index contributed by atoms with van der Waals surface area (Å²) in [7, 11) is 0. The Kier molecular flexibility index (Phi) is 4.61. The Bertz CT molecular complexity index is 503. The Hall–Kier alpha value is -2.23. The Morgan fingerprint density at radius 1 is 1.16 bits per heavy atom. The van der Waals surface area contributed by atoms with Crippen LogP contribution in [0.1, 0.15) is 17.7 Å². The molecule has 3 N–H and O–H groups in total. The highest BCUT2D eigenvalue weighted by atomic mass is 16.3. The number of nitrogens with two attached hydrogens (primary N) is 1. The van der Waals surface area contributed by atoms with Crippen molar-refractivity contribution in [1.82, 2.24) is 5.32 Å². The third kappa shape index (κ3) is 4.50. The van der Waals surface area contributed by atoms with E-state index in [4.69, 9.17) is 10.2 Å². The smallest absolute Gasteiger partial charge is 0.220 e. The summed E-state index contributed by atoms with van der Waals surface area (Å²) in [5, 5.41) is 2.90. The Morgan fingerprint density at radius 2 is 1.95 bits per heavy atom. The second kappa shape index (κ2) is 6.64. The van der Waals surface area contributed by atoms with E-state index in [9.17, 15) is 4.79 Å². The highest BCUT2D eigenvalue weighted by Gasteiger charge is 2.03. The van der Waals surface area contributed by atoms with E-state index in [-0.39, 0.29) is 5.91 Å². The van der Waals surface area contributed by atoms with Crippen LogP contribution in [-0.2, 0) is 17.6 Å². The lowest BCUT2D eigenvalue weighted by Gasteiger charge is -2.05. The number of furan rings is 1. The van der Waals surface area contributed by atoms with Gasteiger partial charge >= 0.3 is 0 Å². The van der Waals surface area contributed by atoms with E-state index >= 15 is 0 Å². The summed E-state index contributed by atoms with van der Waals surface area (Å²) in [6, 6.07) is 11.4. The first-order chi connectivity index (χ1) is 9.24. The number of nitrogens with one attached hydrogen (secondary N) is 1. The molecule has 4 heteroatoms. The number of carbonyl (C=O) groups excluding carboxylic acids is 1. The minimum absolute atomic E-state index is 0.0480. The van der Waals surface area contributed by atoms with Crippen molar-refractivity contribution in [3.8, 4) is 0 Å². The molecule has 0 atom stereocenters. The van der Waals surface area contributed by atoms with Gasteiger partial charge in [0.1, 0.15) is 5.76 Å². The van der Waals surface area contributed by atoms with Gasteiger partial charge in [-0.1, -0.05) is 12.1 Å². The Balaban J connectivity index is 1.65. The van der Waals surface area contributed by atoms with Crippen molar-refractivity contribution in [1.29, 1.82) is 0 Å². The standard InChI is InChI=1S/C15H18N2O2/c16-13-5-3-12(4-6-13)9-10-17-15(18)8-7-14-2-1-11-19-14/h1-6,11H,7-10,16H2,(H,17,18). The fourth-order valence-corrected chi connectivity index (χ4v) is 1.81. The number of hydrogen-bond acceptors (Lipinski definition) is 3. The normalized spacial score (nSPS) is 10.3. The molecule has 0 saturated carbocycles. The van der Waals surface area contributed by atoms with E-state index < -0.39 is 0 Å². The molecule has 0 unspecified atom stereocenters. The molecule has 1 amide bonds. The predicted octanol–water partition coefficient (Wildman–Crippen LogP) is 2.15. The van der Waals surface area contributed by atoms with Gasteiger partial charge in [-0.15, -0.1) is 0 Å². The third-order valence-electron chi connectivity index (χ3n) is 2.89. The van der Waals surface area contributed by atoms with Crippen molar-refractivity contribution in [2.24, 2.45) is 0 Å². The maximum absolute atomic E-state index is 11.6. The van der Waals surface area contributed by atoms with Crippen molar-refractivity contribution in [3.63, 3.8) is 0 Å². The lowest BCUT2D eigenvalue weighted by Crippen LogP contribution is -2.25. The van der Waals surface area contributed by atoms with Gasteiger partial charge in [-0.25, -0.2) is 0 Å². The highest BCUT2D eigenvalue weighted by Crippen LogP contribution is 2.06. The van der Waals surface area contributed by atoms with Gasteiger partial charge in [0, 0.05) is 25.1 Å². The van der Waals surface area contributed by atoms with Crippen LogP contribution >= 0.6 is 0 Å². The molecule has 0 aliphatic carbocycles. The molecule has 0 aliphatic heterocycles. The van der Waals surface area contributed by atoms with Gasteiger partial charge in [0.2, 0.25) is 5.91 Å². The number of carbonyl (C=O) groups is 1. The molecule has 0 aliphatic rings. The minimum Gasteiger partial charge on any atom is -0.469 e. The maximum atomic E-state index is 11.6. The van der Waals surface area contributed by atoms with Crippen LogP contribution in [0.15, 0.2) is 47.1 Å². The second-order valence-corrected chi connectivity index (χ2v) is 4.42. The summed E-state index contributed by atoms with van der Waals surface area (Å²) < 4.78 is 5.18. The van der Waals surface area contributed by atoms with Crippen LogP contribution in [0.3, 0.4) is 0 Å². The molecule has 2 aromatic rings. The first-order valence-electron chi connectivity index (χ1n) is 6.37. The molecule has 19 heavy (non-hydrogen) atoms. The van der Waals surface area contributed by atoms with Crippen LogP contribution in [0.2, 0.25) is 0 Å². The topological polar surface area (TPSA) is 68.3 Å². The Labute approximate surface area is 112 Å².